The number of ether oxygens (including phenoxy) is 1. The second kappa shape index (κ2) is 7.19. The third-order valence-corrected chi connectivity index (χ3v) is 3.95. The molecule has 0 fully saturated rings. The minimum atomic E-state index is -3.28. The van der Waals surface area contributed by atoms with Crippen LogP contribution in [0.2, 0.25) is 0 Å². The maximum absolute atomic E-state index is 11.6. The smallest absolute Gasteiger partial charge is 0.179 e. The van der Waals surface area contributed by atoms with Crippen LogP contribution in [-0.4, -0.2) is 32.8 Å². The summed E-state index contributed by atoms with van der Waals surface area (Å²) in [7, 11) is -3.28. The molecule has 21 heavy (non-hydrogen) atoms. The van der Waals surface area contributed by atoms with Crippen molar-refractivity contribution >= 4 is 15.7 Å². The predicted molar refractivity (Wildman–Crippen MR) is 81.9 cm³/mol. The van der Waals surface area contributed by atoms with Crippen molar-refractivity contribution < 1.29 is 13.2 Å². The van der Waals surface area contributed by atoms with Crippen molar-refractivity contribution in [2.24, 2.45) is 0 Å². The Hall–Kier alpha value is -1.92. The minimum Gasteiger partial charge on any atom is -0.375 e. The number of hydrogen-bond acceptors (Lipinski definition) is 5. The van der Waals surface area contributed by atoms with E-state index in [9.17, 15) is 8.42 Å². The molecule has 0 aliphatic carbocycles. The number of aromatic nitrogens is 1. The van der Waals surface area contributed by atoms with Gasteiger partial charge in [-0.1, -0.05) is 30.3 Å². The average molecular weight is 306 g/mol. The van der Waals surface area contributed by atoms with Crippen LogP contribution in [0, 0.1) is 0 Å². The Morgan fingerprint density at radius 1 is 1.14 bits per heavy atom. The van der Waals surface area contributed by atoms with Crippen molar-refractivity contribution in [3.05, 3.63) is 54.2 Å². The van der Waals surface area contributed by atoms with E-state index in [-0.39, 0.29) is 4.90 Å². The first kappa shape index (κ1) is 15.5. The van der Waals surface area contributed by atoms with Gasteiger partial charge in [0.1, 0.15) is 10.7 Å². The Bertz CT molecular complexity index is 672. The lowest BCUT2D eigenvalue weighted by molar-refractivity contribution is 0.130. The van der Waals surface area contributed by atoms with E-state index >= 15 is 0 Å². The molecule has 0 bridgehead atoms. The van der Waals surface area contributed by atoms with Crippen LogP contribution in [0.3, 0.4) is 0 Å². The second-order valence-corrected chi connectivity index (χ2v) is 6.57. The quantitative estimate of drug-likeness (QED) is 0.794. The summed E-state index contributed by atoms with van der Waals surface area (Å²) in [5.74, 6) is 0.364. The maximum atomic E-state index is 11.6. The molecule has 1 heterocycles. The van der Waals surface area contributed by atoms with Gasteiger partial charge in [-0.25, -0.2) is 13.4 Å². The van der Waals surface area contributed by atoms with Gasteiger partial charge in [-0.05, 0) is 17.7 Å². The van der Waals surface area contributed by atoms with Gasteiger partial charge in [-0.2, -0.15) is 0 Å². The van der Waals surface area contributed by atoms with Crippen LogP contribution in [0.25, 0.3) is 0 Å². The van der Waals surface area contributed by atoms with Crippen molar-refractivity contribution in [1.29, 1.82) is 0 Å². The van der Waals surface area contributed by atoms with Gasteiger partial charge in [0.2, 0.25) is 0 Å². The molecule has 0 atom stereocenters. The van der Waals surface area contributed by atoms with Crippen molar-refractivity contribution in [2.75, 3.05) is 24.7 Å². The van der Waals surface area contributed by atoms with E-state index in [4.69, 9.17) is 4.74 Å². The maximum Gasteiger partial charge on any atom is 0.179 e. The average Bonchev–Trinajstić information content (AvgIpc) is 2.47. The van der Waals surface area contributed by atoms with Crippen LogP contribution >= 0.6 is 0 Å². The zero-order chi connectivity index (χ0) is 15.1. The molecule has 0 aliphatic heterocycles. The summed E-state index contributed by atoms with van der Waals surface area (Å²) in [5.41, 5.74) is 1.10. The number of nitrogens with one attached hydrogen (secondary N) is 1. The predicted octanol–water partition coefficient (Wildman–Crippen LogP) is 2.11. The molecular weight excluding hydrogens is 288 g/mol. The van der Waals surface area contributed by atoms with Gasteiger partial charge in [-0.3, -0.25) is 0 Å². The van der Waals surface area contributed by atoms with Crippen LogP contribution in [-0.2, 0) is 21.2 Å². The van der Waals surface area contributed by atoms with E-state index in [1.807, 2.05) is 30.3 Å². The molecule has 5 nitrogen and oxygen atoms in total. The molecular formula is C15H18N2O3S. The lowest BCUT2D eigenvalue weighted by atomic mass is 10.2. The molecule has 0 amide bonds. The number of anilines is 1. The van der Waals surface area contributed by atoms with Crippen molar-refractivity contribution in [3.8, 4) is 0 Å². The number of sulfone groups is 1. The number of nitrogens with zero attached hydrogens (tertiary/aromatic N) is 1. The Kier molecular flexibility index (Phi) is 5.30. The van der Waals surface area contributed by atoms with Crippen molar-refractivity contribution in [2.45, 2.75) is 11.5 Å². The summed E-state index contributed by atoms with van der Waals surface area (Å²) < 4.78 is 28.8. The molecule has 0 spiro atoms. The largest absolute Gasteiger partial charge is 0.375 e. The summed E-state index contributed by atoms with van der Waals surface area (Å²) in [5, 5.41) is 2.99. The first-order chi connectivity index (χ1) is 10.1. The topological polar surface area (TPSA) is 68.3 Å². The van der Waals surface area contributed by atoms with Gasteiger partial charge >= 0.3 is 0 Å². The molecule has 0 saturated carbocycles. The highest BCUT2D eigenvalue weighted by Gasteiger charge is 2.13. The highest BCUT2D eigenvalue weighted by molar-refractivity contribution is 7.90. The summed E-state index contributed by atoms with van der Waals surface area (Å²) in [4.78, 5) is 4.26. The number of pyridine rings is 1. The SMILES string of the molecule is CS(=O)(=O)c1cccnc1NCCOCc1ccccc1. The Morgan fingerprint density at radius 3 is 2.62 bits per heavy atom. The lowest BCUT2D eigenvalue weighted by Gasteiger charge is -2.10. The molecule has 6 heteroatoms. The Morgan fingerprint density at radius 2 is 1.90 bits per heavy atom. The van der Waals surface area contributed by atoms with E-state index in [1.165, 1.54) is 12.3 Å². The highest BCUT2D eigenvalue weighted by atomic mass is 32.2. The second-order valence-electron chi connectivity index (χ2n) is 4.59. The lowest BCUT2D eigenvalue weighted by Crippen LogP contribution is -2.13. The molecule has 112 valence electrons. The van der Waals surface area contributed by atoms with Crippen LogP contribution in [0.4, 0.5) is 5.82 Å². The Labute approximate surface area is 124 Å². The zero-order valence-corrected chi connectivity index (χ0v) is 12.6. The minimum absolute atomic E-state index is 0.202. The Balaban J connectivity index is 1.82. The van der Waals surface area contributed by atoms with Crippen LogP contribution in [0.1, 0.15) is 5.56 Å². The molecule has 0 unspecified atom stereocenters. The number of rotatable bonds is 7. The fourth-order valence-corrected chi connectivity index (χ4v) is 2.63. The fraction of sp³-hybridized carbons (Fsp3) is 0.267. The third kappa shape index (κ3) is 4.84. The van der Waals surface area contributed by atoms with Crippen molar-refractivity contribution in [3.63, 3.8) is 0 Å². The molecule has 2 aromatic rings. The van der Waals surface area contributed by atoms with E-state index < -0.39 is 9.84 Å². The van der Waals surface area contributed by atoms with E-state index in [1.54, 1.807) is 12.3 Å². The number of benzene rings is 1. The molecule has 0 aliphatic rings. The van der Waals surface area contributed by atoms with Crippen LogP contribution < -0.4 is 5.32 Å². The molecule has 0 saturated heterocycles. The van der Waals surface area contributed by atoms with Gasteiger partial charge in [0.25, 0.3) is 0 Å². The molecule has 0 radical (unpaired) electrons. The van der Waals surface area contributed by atoms with Gasteiger partial charge < -0.3 is 10.1 Å². The standard InChI is InChI=1S/C15H18N2O3S/c1-21(18,19)14-8-5-9-16-15(14)17-10-11-20-12-13-6-3-2-4-7-13/h2-9H,10-12H2,1H3,(H,16,17). The van der Waals surface area contributed by atoms with Crippen molar-refractivity contribution in [1.82, 2.24) is 4.98 Å². The summed E-state index contributed by atoms with van der Waals surface area (Å²) >= 11 is 0. The summed E-state index contributed by atoms with van der Waals surface area (Å²) in [6.45, 7) is 1.49. The van der Waals surface area contributed by atoms with Crippen LogP contribution in [0.15, 0.2) is 53.6 Å². The fourth-order valence-electron chi connectivity index (χ4n) is 1.83. The van der Waals surface area contributed by atoms with Gasteiger partial charge in [0.05, 0.1) is 13.2 Å². The molecule has 1 aromatic heterocycles. The third-order valence-electron chi connectivity index (χ3n) is 2.82. The van der Waals surface area contributed by atoms with Gasteiger partial charge in [0.15, 0.2) is 9.84 Å². The van der Waals surface area contributed by atoms with Gasteiger partial charge in [-0.15, -0.1) is 0 Å². The van der Waals surface area contributed by atoms with E-state index in [2.05, 4.69) is 10.3 Å². The zero-order valence-electron chi connectivity index (χ0n) is 11.8. The van der Waals surface area contributed by atoms with E-state index in [0.717, 1.165) is 5.56 Å². The van der Waals surface area contributed by atoms with Crippen LogP contribution in [0.5, 0.6) is 0 Å². The normalized spacial score (nSPS) is 11.3. The monoisotopic (exact) mass is 306 g/mol. The number of hydrogen-bond donors (Lipinski definition) is 1. The van der Waals surface area contributed by atoms with E-state index in [0.29, 0.717) is 25.6 Å². The highest BCUT2D eigenvalue weighted by Crippen LogP contribution is 2.17. The molecule has 2 rings (SSSR count). The molecule has 1 N–H and O–H groups in total. The first-order valence-electron chi connectivity index (χ1n) is 6.58. The van der Waals surface area contributed by atoms with Gasteiger partial charge in [0, 0.05) is 19.0 Å². The summed E-state index contributed by atoms with van der Waals surface area (Å²) in [6, 6.07) is 13.0. The first-order valence-corrected chi connectivity index (χ1v) is 8.47. The molecule has 1 aromatic carbocycles. The summed E-state index contributed by atoms with van der Waals surface area (Å²) in [6.07, 6.45) is 2.73.